The van der Waals surface area contributed by atoms with Gasteiger partial charge in [-0.2, -0.15) is 0 Å². The van der Waals surface area contributed by atoms with Gasteiger partial charge in [-0.25, -0.2) is 8.42 Å². The molecular weight excluding hydrogens is 372 g/mol. The highest BCUT2D eigenvalue weighted by atomic mass is 32.2. The molecule has 1 saturated carbocycles. The lowest BCUT2D eigenvalue weighted by Gasteiger charge is -2.12. The first-order chi connectivity index (χ1) is 13.4. The average Bonchev–Trinajstić information content (AvgIpc) is 3.29. The molecule has 6 heteroatoms. The normalized spacial score (nSPS) is 16.6. The molecule has 2 aromatic rings. The number of amides is 1. The van der Waals surface area contributed by atoms with E-state index in [0.717, 1.165) is 54.5 Å². The number of hydrogen-bond acceptors (Lipinski definition) is 3. The Morgan fingerprint density at radius 3 is 2.36 bits per heavy atom. The highest BCUT2D eigenvalue weighted by molar-refractivity contribution is 7.92. The largest absolute Gasteiger partial charge is 0.311 e. The third kappa shape index (κ3) is 3.22. The molecule has 0 bridgehead atoms. The lowest BCUT2D eigenvalue weighted by atomic mass is 10.00. The van der Waals surface area contributed by atoms with Crippen molar-refractivity contribution in [2.75, 3.05) is 16.7 Å². The van der Waals surface area contributed by atoms with Crippen molar-refractivity contribution >= 4 is 32.9 Å². The smallest absolute Gasteiger partial charge is 0.261 e. The number of likely N-dealkylation sites (N-methyl/N-ethyl adjacent to an activating group) is 1. The number of rotatable bonds is 4. The first kappa shape index (κ1) is 18.7. The Hall–Kier alpha value is -2.60. The quantitative estimate of drug-likeness (QED) is 0.781. The van der Waals surface area contributed by atoms with Crippen LogP contribution < -0.4 is 9.62 Å². The van der Waals surface area contributed by atoms with Gasteiger partial charge in [0.2, 0.25) is 0 Å². The van der Waals surface area contributed by atoms with E-state index in [-0.39, 0.29) is 10.8 Å². The van der Waals surface area contributed by atoms with E-state index in [1.807, 2.05) is 12.1 Å². The van der Waals surface area contributed by atoms with Crippen molar-refractivity contribution in [3.8, 4) is 0 Å². The monoisotopic (exact) mass is 396 g/mol. The standard InChI is InChI=1S/C22H24N2O3S/c1-3-15-8-10-17(11-9-15)23-28(26,27)18-12-13-20-19(14-18)21(22(25)24(20)2)16-6-4-5-7-16/h8-14,23H,3-7H2,1-2H3. The number of hydrogen-bond donors (Lipinski definition) is 1. The number of aryl methyl sites for hydroxylation is 1. The van der Waals surface area contributed by atoms with Gasteiger partial charge in [0.25, 0.3) is 15.9 Å². The summed E-state index contributed by atoms with van der Waals surface area (Å²) in [7, 11) is -2.00. The number of benzene rings is 2. The fourth-order valence-corrected chi connectivity index (χ4v) is 5.07. The van der Waals surface area contributed by atoms with E-state index < -0.39 is 10.0 Å². The third-order valence-corrected chi connectivity index (χ3v) is 6.98. The predicted octanol–water partition coefficient (Wildman–Crippen LogP) is 4.35. The minimum atomic E-state index is -3.74. The second-order valence-corrected chi connectivity index (χ2v) is 9.07. The Bertz CT molecular complexity index is 1060. The summed E-state index contributed by atoms with van der Waals surface area (Å²) in [4.78, 5) is 14.6. The van der Waals surface area contributed by atoms with Crippen LogP contribution in [0.4, 0.5) is 11.4 Å². The van der Waals surface area contributed by atoms with Crippen LogP contribution in [0, 0.1) is 0 Å². The summed E-state index contributed by atoms with van der Waals surface area (Å²) < 4.78 is 28.5. The molecule has 146 valence electrons. The summed E-state index contributed by atoms with van der Waals surface area (Å²) in [6.45, 7) is 2.05. The van der Waals surface area contributed by atoms with Crippen LogP contribution in [-0.2, 0) is 21.2 Å². The second kappa shape index (κ2) is 7.09. The number of sulfonamides is 1. The van der Waals surface area contributed by atoms with Gasteiger partial charge in [0.05, 0.1) is 10.6 Å². The van der Waals surface area contributed by atoms with Crippen LogP contribution in [0.3, 0.4) is 0 Å². The molecule has 0 saturated heterocycles. The molecule has 1 aliphatic carbocycles. The minimum Gasteiger partial charge on any atom is -0.311 e. The maximum absolute atomic E-state index is 12.9. The zero-order valence-corrected chi connectivity index (χ0v) is 17.0. The van der Waals surface area contributed by atoms with E-state index in [1.165, 1.54) is 0 Å². The van der Waals surface area contributed by atoms with Crippen LogP contribution in [0.5, 0.6) is 0 Å². The second-order valence-electron chi connectivity index (χ2n) is 7.38. The van der Waals surface area contributed by atoms with Crippen molar-refractivity contribution < 1.29 is 13.2 Å². The van der Waals surface area contributed by atoms with Crippen LogP contribution in [-0.4, -0.2) is 21.4 Å². The van der Waals surface area contributed by atoms with Crippen molar-refractivity contribution in [3.05, 3.63) is 59.2 Å². The van der Waals surface area contributed by atoms with Crippen molar-refractivity contribution in [3.63, 3.8) is 0 Å². The molecule has 2 aliphatic rings. The highest BCUT2D eigenvalue weighted by Crippen LogP contribution is 2.42. The van der Waals surface area contributed by atoms with Crippen molar-refractivity contribution in [1.82, 2.24) is 0 Å². The first-order valence-electron chi connectivity index (χ1n) is 9.67. The van der Waals surface area contributed by atoms with Crippen molar-refractivity contribution in [2.45, 2.75) is 43.9 Å². The van der Waals surface area contributed by atoms with E-state index in [9.17, 15) is 13.2 Å². The topological polar surface area (TPSA) is 66.5 Å². The lowest BCUT2D eigenvalue weighted by Crippen LogP contribution is -2.20. The fourth-order valence-electron chi connectivity index (χ4n) is 3.98. The molecule has 1 N–H and O–H groups in total. The van der Waals surface area contributed by atoms with Crippen molar-refractivity contribution in [1.29, 1.82) is 0 Å². The number of nitrogens with one attached hydrogen (secondary N) is 1. The molecule has 0 aromatic heterocycles. The maximum Gasteiger partial charge on any atom is 0.261 e. The minimum absolute atomic E-state index is 0.0374. The molecule has 0 radical (unpaired) electrons. The molecule has 1 heterocycles. The molecule has 4 rings (SSSR count). The predicted molar refractivity (Wildman–Crippen MR) is 112 cm³/mol. The average molecular weight is 397 g/mol. The Morgan fingerprint density at radius 1 is 1.04 bits per heavy atom. The molecular formula is C22H24N2O3S. The molecule has 1 amide bonds. The van der Waals surface area contributed by atoms with Gasteiger partial charge in [0, 0.05) is 23.9 Å². The fraction of sp³-hybridized carbons (Fsp3) is 0.318. The SMILES string of the molecule is CCc1ccc(NS(=O)(=O)c2ccc3c(c2)C(=C2CCCC2)C(=O)N3C)cc1. The molecule has 0 unspecified atom stereocenters. The molecule has 5 nitrogen and oxygen atoms in total. The van der Waals surface area contributed by atoms with Gasteiger partial charge >= 0.3 is 0 Å². The van der Waals surface area contributed by atoms with Crippen molar-refractivity contribution in [2.24, 2.45) is 0 Å². The van der Waals surface area contributed by atoms with Gasteiger partial charge in [-0.3, -0.25) is 9.52 Å². The zero-order chi connectivity index (χ0) is 19.9. The lowest BCUT2D eigenvalue weighted by molar-refractivity contribution is -0.112. The third-order valence-electron chi connectivity index (χ3n) is 5.60. The van der Waals surface area contributed by atoms with Gasteiger partial charge in [0.1, 0.15) is 0 Å². The van der Waals surface area contributed by atoms with Gasteiger partial charge < -0.3 is 4.90 Å². The Kier molecular flexibility index (Phi) is 4.75. The Balaban J connectivity index is 1.72. The highest BCUT2D eigenvalue weighted by Gasteiger charge is 2.34. The van der Waals surface area contributed by atoms with Crippen LogP contribution in [0.25, 0.3) is 5.57 Å². The van der Waals surface area contributed by atoms with Crippen LogP contribution in [0.2, 0.25) is 0 Å². The summed E-state index contributed by atoms with van der Waals surface area (Å²) >= 11 is 0. The summed E-state index contributed by atoms with van der Waals surface area (Å²) in [5.74, 6) is -0.0374. The van der Waals surface area contributed by atoms with Gasteiger partial charge in [-0.1, -0.05) is 24.6 Å². The summed E-state index contributed by atoms with van der Waals surface area (Å²) in [6.07, 6.45) is 4.88. The van der Waals surface area contributed by atoms with E-state index >= 15 is 0 Å². The van der Waals surface area contributed by atoms with Gasteiger partial charge in [-0.05, 0) is 68.0 Å². The van der Waals surface area contributed by atoms with Crippen LogP contribution in [0.15, 0.2) is 52.9 Å². The summed E-state index contributed by atoms with van der Waals surface area (Å²) in [6, 6.07) is 12.3. The van der Waals surface area contributed by atoms with Crippen LogP contribution in [0.1, 0.15) is 43.7 Å². The number of anilines is 2. The molecule has 0 spiro atoms. The van der Waals surface area contributed by atoms with Crippen LogP contribution >= 0.6 is 0 Å². The first-order valence-corrected chi connectivity index (χ1v) is 11.2. The Labute approximate surface area is 166 Å². The number of carbonyl (C=O) groups excluding carboxylic acids is 1. The summed E-state index contributed by atoms with van der Waals surface area (Å²) in [5, 5.41) is 0. The number of fused-ring (bicyclic) bond motifs is 1. The molecule has 28 heavy (non-hydrogen) atoms. The number of allylic oxidation sites excluding steroid dienone is 1. The van der Waals surface area contributed by atoms with E-state index in [2.05, 4.69) is 11.6 Å². The molecule has 1 fully saturated rings. The van der Waals surface area contributed by atoms with Gasteiger partial charge in [-0.15, -0.1) is 0 Å². The van der Waals surface area contributed by atoms with E-state index in [0.29, 0.717) is 11.3 Å². The number of carbonyl (C=O) groups is 1. The molecule has 1 aliphatic heterocycles. The van der Waals surface area contributed by atoms with E-state index in [1.54, 1.807) is 42.3 Å². The maximum atomic E-state index is 12.9. The van der Waals surface area contributed by atoms with E-state index in [4.69, 9.17) is 0 Å². The summed E-state index contributed by atoms with van der Waals surface area (Å²) in [5.41, 5.74) is 5.02. The Morgan fingerprint density at radius 2 is 1.71 bits per heavy atom. The van der Waals surface area contributed by atoms with Gasteiger partial charge in [0.15, 0.2) is 0 Å². The molecule has 0 atom stereocenters. The molecule has 2 aromatic carbocycles. The number of nitrogens with zero attached hydrogens (tertiary/aromatic N) is 1. The zero-order valence-electron chi connectivity index (χ0n) is 16.2.